The van der Waals surface area contributed by atoms with Gasteiger partial charge in [0.25, 0.3) is 0 Å². The minimum atomic E-state index is 0.698. The molecule has 0 aliphatic heterocycles. The zero-order valence-corrected chi connectivity index (χ0v) is 18.3. The van der Waals surface area contributed by atoms with Gasteiger partial charge in [0.1, 0.15) is 5.82 Å². The van der Waals surface area contributed by atoms with Gasteiger partial charge in [-0.1, -0.05) is 78.9 Å². The fraction of sp³-hybridized carbons (Fsp3) is 0.0357. The first-order valence-corrected chi connectivity index (χ1v) is 11.4. The topological polar surface area (TPSA) is 38.7 Å². The standard InChI is InChI=1S/C28H19N3S/c1-18-29-27(21-12-7-11-20(17-21)19-9-3-2-4-10-19)31-28(30-18)24-15-8-14-23-22-13-5-6-16-25(22)32-26(23)24/h2-17H,1H3. The molecule has 6 aromatic rings. The average molecular weight is 430 g/mol. The predicted octanol–water partition coefficient (Wildman–Crippen LogP) is 7.55. The van der Waals surface area contributed by atoms with E-state index in [1.807, 2.05) is 13.0 Å². The second-order valence-electron chi connectivity index (χ2n) is 7.76. The van der Waals surface area contributed by atoms with Gasteiger partial charge in [0.15, 0.2) is 11.6 Å². The first kappa shape index (κ1) is 18.8. The minimum absolute atomic E-state index is 0.698. The molecule has 0 atom stereocenters. The van der Waals surface area contributed by atoms with Gasteiger partial charge >= 0.3 is 0 Å². The maximum atomic E-state index is 4.91. The highest BCUT2D eigenvalue weighted by Crippen LogP contribution is 2.39. The van der Waals surface area contributed by atoms with Crippen LogP contribution in [0.5, 0.6) is 0 Å². The second-order valence-corrected chi connectivity index (χ2v) is 8.81. The zero-order valence-electron chi connectivity index (χ0n) is 17.5. The fourth-order valence-corrected chi connectivity index (χ4v) is 5.33. The Labute approximate surface area is 190 Å². The van der Waals surface area contributed by atoms with Gasteiger partial charge in [-0.15, -0.1) is 11.3 Å². The number of rotatable bonds is 3. The van der Waals surface area contributed by atoms with Crippen LogP contribution in [0.15, 0.2) is 97.1 Å². The Hall–Kier alpha value is -3.89. The van der Waals surface area contributed by atoms with Crippen LogP contribution in [0.4, 0.5) is 0 Å². The van der Waals surface area contributed by atoms with Crippen molar-refractivity contribution >= 4 is 31.5 Å². The summed E-state index contributed by atoms with van der Waals surface area (Å²) in [6.45, 7) is 1.93. The molecule has 0 saturated carbocycles. The monoisotopic (exact) mass is 429 g/mol. The van der Waals surface area contributed by atoms with Crippen molar-refractivity contribution in [3.63, 3.8) is 0 Å². The van der Waals surface area contributed by atoms with Crippen LogP contribution < -0.4 is 0 Å². The van der Waals surface area contributed by atoms with E-state index in [2.05, 4.69) is 96.0 Å². The third-order valence-electron chi connectivity index (χ3n) is 5.62. The number of hydrogen-bond donors (Lipinski definition) is 0. The Balaban J connectivity index is 1.51. The van der Waals surface area contributed by atoms with E-state index in [1.54, 1.807) is 11.3 Å². The van der Waals surface area contributed by atoms with Gasteiger partial charge in [-0.05, 0) is 36.2 Å². The molecule has 0 N–H and O–H groups in total. The van der Waals surface area contributed by atoms with E-state index in [-0.39, 0.29) is 0 Å². The third-order valence-corrected chi connectivity index (χ3v) is 6.84. The molecule has 0 aliphatic rings. The molecule has 4 aromatic carbocycles. The van der Waals surface area contributed by atoms with Gasteiger partial charge in [-0.25, -0.2) is 15.0 Å². The molecule has 0 bridgehead atoms. The maximum Gasteiger partial charge on any atom is 0.165 e. The number of nitrogens with zero attached hydrogens (tertiary/aromatic N) is 3. The van der Waals surface area contributed by atoms with Gasteiger partial charge in [-0.2, -0.15) is 0 Å². The molecule has 0 fully saturated rings. The number of fused-ring (bicyclic) bond motifs is 3. The van der Waals surface area contributed by atoms with Crippen molar-refractivity contribution in [3.05, 3.63) is 103 Å². The highest BCUT2D eigenvalue weighted by atomic mass is 32.1. The molecule has 6 rings (SSSR count). The largest absolute Gasteiger partial charge is 0.213 e. The van der Waals surface area contributed by atoms with Crippen molar-refractivity contribution in [2.24, 2.45) is 0 Å². The predicted molar refractivity (Wildman–Crippen MR) is 134 cm³/mol. The van der Waals surface area contributed by atoms with Crippen LogP contribution in [0.3, 0.4) is 0 Å². The molecular formula is C28H19N3S. The quantitative estimate of drug-likeness (QED) is 0.291. The first-order valence-electron chi connectivity index (χ1n) is 10.6. The molecule has 4 heteroatoms. The Morgan fingerprint density at radius 1 is 0.562 bits per heavy atom. The zero-order chi connectivity index (χ0) is 21.5. The maximum absolute atomic E-state index is 4.91. The van der Waals surface area contributed by atoms with Gasteiger partial charge in [0.2, 0.25) is 0 Å². The number of benzene rings is 4. The van der Waals surface area contributed by atoms with Crippen LogP contribution >= 0.6 is 11.3 Å². The molecule has 0 spiro atoms. The van der Waals surface area contributed by atoms with Crippen LogP contribution in [-0.4, -0.2) is 15.0 Å². The third kappa shape index (κ3) is 3.26. The lowest BCUT2D eigenvalue weighted by molar-refractivity contribution is 0.993. The molecule has 0 aliphatic carbocycles. The van der Waals surface area contributed by atoms with Crippen molar-refractivity contribution in [2.75, 3.05) is 0 Å². The Morgan fingerprint density at radius 2 is 1.25 bits per heavy atom. The molecule has 2 aromatic heterocycles. The van der Waals surface area contributed by atoms with E-state index in [4.69, 9.17) is 9.97 Å². The summed E-state index contributed by atoms with van der Waals surface area (Å²) in [5.74, 6) is 2.13. The number of aryl methyl sites for hydroxylation is 1. The molecular weight excluding hydrogens is 410 g/mol. The molecule has 2 heterocycles. The van der Waals surface area contributed by atoms with Crippen molar-refractivity contribution in [2.45, 2.75) is 6.92 Å². The van der Waals surface area contributed by atoms with Gasteiger partial charge in [-0.3, -0.25) is 0 Å². The van der Waals surface area contributed by atoms with Crippen LogP contribution in [0.2, 0.25) is 0 Å². The average Bonchev–Trinajstić information content (AvgIpc) is 3.23. The van der Waals surface area contributed by atoms with Crippen LogP contribution in [0.1, 0.15) is 5.82 Å². The first-order chi connectivity index (χ1) is 15.8. The lowest BCUT2D eigenvalue weighted by Gasteiger charge is -2.08. The number of hydrogen-bond acceptors (Lipinski definition) is 4. The Morgan fingerprint density at radius 3 is 2.16 bits per heavy atom. The van der Waals surface area contributed by atoms with Gasteiger partial charge in [0, 0.05) is 31.3 Å². The molecule has 32 heavy (non-hydrogen) atoms. The van der Waals surface area contributed by atoms with E-state index >= 15 is 0 Å². The van der Waals surface area contributed by atoms with Gasteiger partial charge in [0.05, 0.1) is 0 Å². The molecule has 0 radical (unpaired) electrons. The number of thiophene rings is 1. The van der Waals surface area contributed by atoms with Crippen LogP contribution in [0, 0.1) is 6.92 Å². The number of aromatic nitrogens is 3. The van der Waals surface area contributed by atoms with Crippen molar-refractivity contribution in [1.29, 1.82) is 0 Å². The van der Waals surface area contributed by atoms with Crippen LogP contribution in [0.25, 0.3) is 54.1 Å². The summed E-state index contributed by atoms with van der Waals surface area (Å²) in [6, 6.07) is 33.7. The Kier molecular flexibility index (Phi) is 4.51. The normalized spacial score (nSPS) is 11.3. The minimum Gasteiger partial charge on any atom is -0.213 e. The molecule has 3 nitrogen and oxygen atoms in total. The van der Waals surface area contributed by atoms with Crippen molar-refractivity contribution in [1.82, 2.24) is 15.0 Å². The second kappa shape index (κ2) is 7.66. The summed E-state index contributed by atoms with van der Waals surface area (Å²) in [4.78, 5) is 14.3. The summed E-state index contributed by atoms with van der Waals surface area (Å²) in [7, 11) is 0. The van der Waals surface area contributed by atoms with E-state index in [9.17, 15) is 0 Å². The lowest BCUT2D eigenvalue weighted by atomic mass is 10.0. The van der Waals surface area contributed by atoms with E-state index in [0.29, 0.717) is 11.6 Å². The van der Waals surface area contributed by atoms with E-state index in [1.165, 1.54) is 25.7 Å². The SMILES string of the molecule is Cc1nc(-c2cccc(-c3ccccc3)c2)nc(-c2cccc3c2sc2ccccc23)n1. The summed E-state index contributed by atoms with van der Waals surface area (Å²) < 4.78 is 2.49. The van der Waals surface area contributed by atoms with Crippen molar-refractivity contribution < 1.29 is 0 Å². The highest BCUT2D eigenvalue weighted by molar-refractivity contribution is 7.26. The van der Waals surface area contributed by atoms with Crippen LogP contribution in [-0.2, 0) is 0 Å². The van der Waals surface area contributed by atoms with E-state index < -0.39 is 0 Å². The summed E-state index contributed by atoms with van der Waals surface area (Å²) in [5, 5.41) is 2.52. The van der Waals surface area contributed by atoms with Gasteiger partial charge < -0.3 is 0 Å². The Bertz CT molecular complexity index is 1590. The highest BCUT2D eigenvalue weighted by Gasteiger charge is 2.14. The van der Waals surface area contributed by atoms with Crippen molar-refractivity contribution in [3.8, 4) is 33.9 Å². The lowest BCUT2D eigenvalue weighted by Crippen LogP contribution is -1.99. The summed E-state index contributed by atoms with van der Waals surface area (Å²) in [5.41, 5.74) is 4.36. The van der Waals surface area contributed by atoms with E-state index in [0.717, 1.165) is 22.5 Å². The fourth-order valence-electron chi connectivity index (χ4n) is 4.12. The molecule has 0 unspecified atom stereocenters. The molecule has 0 amide bonds. The molecule has 152 valence electrons. The molecule has 0 saturated heterocycles. The smallest absolute Gasteiger partial charge is 0.165 e. The summed E-state index contributed by atoms with van der Waals surface area (Å²) in [6.07, 6.45) is 0. The summed E-state index contributed by atoms with van der Waals surface area (Å²) >= 11 is 1.79.